The van der Waals surface area contributed by atoms with Crippen LogP contribution in [0, 0.1) is 0 Å². The van der Waals surface area contributed by atoms with E-state index in [0.29, 0.717) is 12.1 Å². The normalized spacial score (nSPS) is 11.8. The first-order valence-electron chi connectivity index (χ1n) is 11.7. The minimum absolute atomic E-state index is 0.178. The number of nitrogens with zero attached hydrogens (tertiary/aromatic N) is 2. The van der Waals surface area contributed by atoms with Crippen LogP contribution in [0.4, 0.5) is 0 Å². The number of aromatic carboxylic acids is 1. The van der Waals surface area contributed by atoms with E-state index in [1.807, 2.05) is 55.7 Å². The Morgan fingerprint density at radius 1 is 0.917 bits per heavy atom. The summed E-state index contributed by atoms with van der Waals surface area (Å²) in [6.07, 6.45) is 5.62. The SMILES string of the molecule is C[C@H](NC(=O)c1cccc2ccn(Cc3ccc(-c4cccnc4)cc3)c12)c1ccc(C(=O)O)cc1. The molecule has 6 nitrogen and oxygen atoms in total. The van der Waals surface area contributed by atoms with Crippen molar-refractivity contribution in [2.75, 3.05) is 0 Å². The molecule has 1 amide bonds. The average Bonchev–Trinajstić information content (AvgIpc) is 3.32. The van der Waals surface area contributed by atoms with Crippen molar-refractivity contribution in [3.05, 3.63) is 126 Å². The third kappa shape index (κ3) is 4.74. The summed E-state index contributed by atoms with van der Waals surface area (Å²) in [5, 5.41) is 13.2. The van der Waals surface area contributed by atoms with Crippen LogP contribution in [-0.4, -0.2) is 26.5 Å². The fraction of sp³-hybridized carbons (Fsp3) is 0.100. The molecule has 2 heterocycles. The second kappa shape index (κ2) is 9.88. The molecular formula is C30H25N3O3. The van der Waals surface area contributed by atoms with E-state index in [9.17, 15) is 9.59 Å². The van der Waals surface area contributed by atoms with Gasteiger partial charge in [0.15, 0.2) is 0 Å². The highest BCUT2D eigenvalue weighted by atomic mass is 16.4. The van der Waals surface area contributed by atoms with E-state index in [2.05, 4.69) is 39.1 Å². The van der Waals surface area contributed by atoms with Gasteiger partial charge in [-0.25, -0.2) is 4.79 Å². The quantitative estimate of drug-likeness (QED) is 0.305. The van der Waals surface area contributed by atoms with Crippen LogP contribution < -0.4 is 5.32 Å². The summed E-state index contributed by atoms with van der Waals surface area (Å²) in [6, 6.07) is 26.3. The maximum atomic E-state index is 13.3. The molecule has 0 radical (unpaired) electrons. The van der Waals surface area contributed by atoms with E-state index >= 15 is 0 Å². The summed E-state index contributed by atoms with van der Waals surface area (Å²) in [5.74, 6) is -1.15. The first kappa shape index (κ1) is 23.1. The lowest BCUT2D eigenvalue weighted by atomic mass is 10.0. The number of para-hydroxylation sites is 1. The fourth-order valence-corrected chi connectivity index (χ4v) is 4.38. The van der Waals surface area contributed by atoms with Crippen LogP contribution in [0.1, 0.15) is 44.8 Å². The second-order valence-corrected chi connectivity index (χ2v) is 8.75. The van der Waals surface area contributed by atoms with E-state index in [1.165, 1.54) is 0 Å². The maximum absolute atomic E-state index is 13.3. The summed E-state index contributed by atoms with van der Waals surface area (Å²) in [4.78, 5) is 28.6. The highest BCUT2D eigenvalue weighted by molar-refractivity contribution is 6.06. The summed E-state index contributed by atoms with van der Waals surface area (Å²) in [5.41, 5.74) is 5.83. The van der Waals surface area contributed by atoms with Gasteiger partial charge in [0.1, 0.15) is 0 Å². The van der Waals surface area contributed by atoms with Gasteiger partial charge in [0.05, 0.1) is 22.7 Å². The van der Waals surface area contributed by atoms with Crippen molar-refractivity contribution >= 4 is 22.8 Å². The Hall–Kier alpha value is -4.71. The third-order valence-electron chi connectivity index (χ3n) is 6.34. The number of fused-ring (bicyclic) bond motifs is 1. The number of carbonyl (C=O) groups excluding carboxylic acids is 1. The predicted octanol–water partition coefficient (Wildman–Crippen LogP) is 5.94. The van der Waals surface area contributed by atoms with Gasteiger partial charge in [-0.15, -0.1) is 0 Å². The Morgan fingerprint density at radius 3 is 2.39 bits per heavy atom. The van der Waals surface area contributed by atoms with Crippen molar-refractivity contribution in [1.82, 2.24) is 14.9 Å². The lowest BCUT2D eigenvalue weighted by Crippen LogP contribution is -2.27. The Bertz CT molecular complexity index is 1520. The second-order valence-electron chi connectivity index (χ2n) is 8.75. The molecule has 0 aliphatic rings. The number of benzene rings is 3. The monoisotopic (exact) mass is 475 g/mol. The zero-order valence-corrected chi connectivity index (χ0v) is 19.8. The van der Waals surface area contributed by atoms with Gasteiger partial charge in [0.25, 0.3) is 5.91 Å². The first-order chi connectivity index (χ1) is 17.5. The molecule has 0 aliphatic carbocycles. The van der Waals surface area contributed by atoms with Crippen LogP contribution in [0.5, 0.6) is 0 Å². The fourth-order valence-electron chi connectivity index (χ4n) is 4.38. The van der Waals surface area contributed by atoms with Crippen LogP contribution in [0.2, 0.25) is 0 Å². The first-order valence-corrected chi connectivity index (χ1v) is 11.7. The molecule has 3 aromatic carbocycles. The van der Waals surface area contributed by atoms with Gasteiger partial charge in [-0.1, -0.05) is 54.6 Å². The molecule has 5 rings (SSSR count). The Balaban J connectivity index is 1.37. The van der Waals surface area contributed by atoms with E-state index in [0.717, 1.165) is 33.2 Å². The van der Waals surface area contributed by atoms with Crippen molar-refractivity contribution in [3.8, 4) is 11.1 Å². The van der Waals surface area contributed by atoms with Crippen LogP contribution in [0.15, 0.2) is 104 Å². The summed E-state index contributed by atoms with van der Waals surface area (Å²) in [6.45, 7) is 2.52. The molecule has 0 spiro atoms. The number of nitrogens with one attached hydrogen (secondary N) is 1. The average molecular weight is 476 g/mol. The lowest BCUT2D eigenvalue weighted by molar-refractivity contribution is 0.0696. The number of carboxylic acid groups (broad SMARTS) is 1. The molecule has 0 saturated carbocycles. The minimum Gasteiger partial charge on any atom is -0.478 e. The number of amides is 1. The van der Waals surface area contributed by atoms with Crippen molar-refractivity contribution in [2.24, 2.45) is 0 Å². The summed E-state index contributed by atoms with van der Waals surface area (Å²) < 4.78 is 2.09. The van der Waals surface area contributed by atoms with Crippen LogP contribution >= 0.6 is 0 Å². The van der Waals surface area contributed by atoms with Crippen molar-refractivity contribution < 1.29 is 14.7 Å². The largest absolute Gasteiger partial charge is 0.478 e. The Morgan fingerprint density at radius 2 is 1.69 bits per heavy atom. The molecule has 0 unspecified atom stereocenters. The van der Waals surface area contributed by atoms with Gasteiger partial charge in [-0.3, -0.25) is 9.78 Å². The molecule has 2 aromatic heterocycles. The molecule has 0 bridgehead atoms. The van der Waals surface area contributed by atoms with E-state index in [-0.39, 0.29) is 17.5 Å². The molecular weight excluding hydrogens is 450 g/mol. The Kier molecular flexibility index (Phi) is 6.33. The number of hydrogen-bond acceptors (Lipinski definition) is 3. The number of carbonyl (C=O) groups is 2. The molecule has 6 heteroatoms. The predicted molar refractivity (Wildman–Crippen MR) is 140 cm³/mol. The Labute approximate surface area is 208 Å². The topological polar surface area (TPSA) is 84.2 Å². The number of carboxylic acids is 1. The number of hydrogen-bond donors (Lipinski definition) is 2. The van der Waals surface area contributed by atoms with E-state index in [1.54, 1.807) is 30.5 Å². The molecule has 0 aliphatic heterocycles. The van der Waals surface area contributed by atoms with Gasteiger partial charge >= 0.3 is 5.97 Å². The number of aromatic nitrogens is 2. The summed E-state index contributed by atoms with van der Waals surface area (Å²) in [7, 11) is 0. The minimum atomic E-state index is -0.975. The molecule has 36 heavy (non-hydrogen) atoms. The molecule has 0 fully saturated rings. The van der Waals surface area contributed by atoms with Gasteiger partial charge < -0.3 is 15.0 Å². The van der Waals surface area contributed by atoms with Gasteiger partial charge in [0, 0.05) is 30.5 Å². The van der Waals surface area contributed by atoms with E-state index in [4.69, 9.17) is 5.11 Å². The van der Waals surface area contributed by atoms with Crippen molar-refractivity contribution in [1.29, 1.82) is 0 Å². The zero-order valence-electron chi connectivity index (χ0n) is 19.8. The molecule has 2 N–H and O–H groups in total. The highest BCUT2D eigenvalue weighted by Gasteiger charge is 2.17. The smallest absolute Gasteiger partial charge is 0.335 e. The third-order valence-corrected chi connectivity index (χ3v) is 6.34. The van der Waals surface area contributed by atoms with Crippen LogP contribution in [-0.2, 0) is 6.54 Å². The van der Waals surface area contributed by atoms with Crippen molar-refractivity contribution in [3.63, 3.8) is 0 Å². The van der Waals surface area contributed by atoms with Crippen LogP contribution in [0.3, 0.4) is 0 Å². The van der Waals surface area contributed by atoms with Crippen molar-refractivity contribution in [2.45, 2.75) is 19.5 Å². The van der Waals surface area contributed by atoms with E-state index < -0.39 is 5.97 Å². The highest BCUT2D eigenvalue weighted by Crippen LogP contribution is 2.24. The molecule has 5 aromatic rings. The van der Waals surface area contributed by atoms with Crippen LogP contribution in [0.25, 0.3) is 22.0 Å². The number of pyridine rings is 1. The van der Waals surface area contributed by atoms with Gasteiger partial charge in [-0.05, 0) is 59.5 Å². The number of rotatable bonds is 7. The molecule has 1 atom stereocenters. The summed E-state index contributed by atoms with van der Waals surface area (Å²) >= 11 is 0. The maximum Gasteiger partial charge on any atom is 0.335 e. The zero-order chi connectivity index (χ0) is 25.1. The standard InChI is InChI=1S/C30H25N3O3/c1-20(22-11-13-25(14-12-22)30(35)36)32-29(34)27-6-2-4-24-15-17-33(28(24)27)19-21-7-9-23(10-8-21)26-5-3-16-31-18-26/h2-18,20H,19H2,1H3,(H,32,34)(H,35,36)/t20-/m0/s1. The van der Waals surface area contributed by atoms with Gasteiger partial charge in [-0.2, -0.15) is 0 Å². The lowest BCUT2D eigenvalue weighted by Gasteiger charge is -2.16. The van der Waals surface area contributed by atoms with Gasteiger partial charge in [0.2, 0.25) is 0 Å². The molecule has 0 saturated heterocycles. The molecule has 178 valence electrons.